The number of nitrogens with zero attached hydrogens (tertiary/aromatic N) is 2. The molecule has 0 aliphatic carbocycles. The highest BCUT2D eigenvalue weighted by molar-refractivity contribution is 9.10. The molecule has 0 radical (unpaired) electrons. The van der Waals surface area contributed by atoms with Crippen LogP contribution in [0.4, 0.5) is 11.8 Å². The molecule has 1 aromatic heterocycles. The van der Waals surface area contributed by atoms with E-state index in [4.69, 9.17) is 4.74 Å². The molecule has 6 heteroatoms. The van der Waals surface area contributed by atoms with E-state index in [-0.39, 0.29) is 0 Å². The third-order valence-corrected chi connectivity index (χ3v) is 3.62. The van der Waals surface area contributed by atoms with Gasteiger partial charge < -0.3 is 15.4 Å². The SMILES string of the molecule is CCNc1ncc(Br)c(NC2CCOCC2C)n1. The second-order valence-electron chi connectivity index (χ2n) is 4.51. The maximum Gasteiger partial charge on any atom is 0.224 e. The number of halogens is 1. The van der Waals surface area contributed by atoms with Crippen molar-refractivity contribution in [2.45, 2.75) is 26.3 Å². The smallest absolute Gasteiger partial charge is 0.224 e. The molecule has 1 saturated heterocycles. The van der Waals surface area contributed by atoms with Crippen LogP contribution >= 0.6 is 15.9 Å². The van der Waals surface area contributed by atoms with Gasteiger partial charge in [0.15, 0.2) is 0 Å². The highest BCUT2D eigenvalue weighted by Crippen LogP contribution is 2.24. The summed E-state index contributed by atoms with van der Waals surface area (Å²) in [6.45, 7) is 6.65. The van der Waals surface area contributed by atoms with Gasteiger partial charge in [-0.25, -0.2) is 4.98 Å². The van der Waals surface area contributed by atoms with Crippen LogP contribution in [0, 0.1) is 5.92 Å². The lowest BCUT2D eigenvalue weighted by atomic mass is 9.98. The van der Waals surface area contributed by atoms with Crippen LogP contribution in [0.3, 0.4) is 0 Å². The van der Waals surface area contributed by atoms with Gasteiger partial charge in [0.05, 0.1) is 11.1 Å². The van der Waals surface area contributed by atoms with Crippen molar-refractivity contribution in [3.63, 3.8) is 0 Å². The summed E-state index contributed by atoms with van der Waals surface area (Å²) in [5, 5.41) is 6.60. The molecule has 0 spiro atoms. The first-order valence-electron chi connectivity index (χ1n) is 6.31. The summed E-state index contributed by atoms with van der Waals surface area (Å²) in [6, 6.07) is 0.402. The van der Waals surface area contributed by atoms with Gasteiger partial charge in [-0.2, -0.15) is 4.98 Å². The minimum atomic E-state index is 0.402. The average Bonchev–Trinajstić information content (AvgIpc) is 2.36. The van der Waals surface area contributed by atoms with Crippen LogP contribution in [-0.2, 0) is 4.74 Å². The largest absolute Gasteiger partial charge is 0.381 e. The van der Waals surface area contributed by atoms with Gasteiger partial charge in [0.2, 0.25) is 5.95 Å². The van der Waals surface area contributed by atoms with Gasteiger partial charge in [0.25, 0.3) is 0 Å². The predicted molar refractivity (Wildman–Crippen MR) is 75.9 cm³/mol. The number of rotatable bonds is 4. The topological polar surface area (TPSA) is 59.1 Å². The van der Waals surface area contributed by atoms with Gasteiger partial charge >= 0.3 is 0 Å². The molecule has 1 aromatic rings. The van der Waals surface area contributed by atoms with E-state index in [0.29, 0.717) is 17.9 Å². The van der Waals surface area contributed by atoms with Crippen LogP contribution in [0.25, 0.3) is 0 Å². The highest BCUT2D eigenvalue weighted by atomic mass is 79.9. The number of aromatic nitrogens is 2. The molecule has 100 valence electrons. The van der Waals surface area contributed by atoms with Crippen molar-refractivity contribution in [2.24, 2.45) is 5.92 Å². The van der Waals surface area contributed by atoms with Crippen molar-refractivity contribution >= 4 is 27.7 Å². The first-order chi connectivity index (χ1) is 8.70. The summed E-state index contributed by atoms with van der Waals surface area (Å²) in [6.07, 6.45) is 2.78. The van der Waals surface area contributed by atoms with Crippen LogP contribution in [-0.4, -0.2) is 35.8 Å². The molecule has 1 aliphatic rings. The fourth-order valence-corrected chi connectivity index (χ4v) is 2.29. The first kappa shape index (κ1) is 13.5. The Balaban J connectivity index is 2.09. The second kappa shape index (κ2) is 6.33. The molecule has 2 heterocycles. The first-order valence-corrected chi connectivity index (χ1v) is 7.10. The van der Waals surface area contributed by atoms with Gasteiger partial charge in [0.1, 0.15) is 5.82 Å². The lowest BCUT2D eigenvalue weighted by Gasteiger charge is -2.30. The molecule has 0 amide bonds. The fraction of sp³-hybridized carbons (Fsp3) is 0.667. The standard InChI is InChI=1S/C12H19BrN4O/c1-3-14-12-15-6-9(13)11(17-12)16-10-4-5-18-7-8(10)2/h6,8,10H,3-5,7H2,1-2H3,(H2,14,15,16,17). The summed E-state index contributed by atoms with van der Waals surface area (Å²) in [5.41, 5.74) is 0. The Morgan fingerprint density at radius 2 is 2.39 bits per heavy atom. The van der Waals surface area contributed by atoms with Crippen molar-refractivity contribution in [3.8, 4) is 0 Å². The van der Waals surface area contributed by atoms with Crippen molar-refractivity contribution in [3.05, 3.63) is 10.7 Å². The maximum atomic E-state index is 5.45. The van der Waals surface area contributed by atoms with Crippen molar-refractivity contribution in [1.29, 1.82) is 0 Å². The Morgan fingerprint density at radius 3 is 3.11 bits per heavy atom. The molecule has 0 bridgehead atoms. The lowest BCUT2D eigenvalue weighted by Crippen LogP contribution is -2.36. The van der Waals surface area contributed by atoms with Crippen molar-refractivity contribution in [2.75, 3.05) is 30.4 Å². The Morgan fingerprint density at radius 1 is 1.56 bits per heavy atom. The molecule has 1 aliphatic heterocycles. The molecular weight excluding hydrogens is 296 g/mol. The molecule has 0 saturated carbocycles. The van der Waals surface area contributed by atoms with Gasteiger partial charge in [-0.3, -0.25) is 0 Å². The molecule has 18 heavy (non-hydrogen) atoms. The average molecular weight is 315 g/mol. The molecule has 2 unspecified atom stereocenters. The molecule has 5 nitrogen and oxygen atoms in total. The zero-order valence-corrected chi connectivity index (χ0v) is 12.3. The molecular formula is C12H19BrN4O. The number of hydrogen-bond acceptors (Lipinski definition) is 5. The number of hydrogen-bond donors (Lipinski definition) is 2. The Labute approximate surface area is 116 Å². The van der Waals surface area contributed by atoms with Crippen LogP contribution in [0.1, 0.15) is 20.3 Å². The monoisotopic (exact) mass is 314 g/mol. The van der Waals surface area contributed by atoms with Crippen molar-refractivity contribution < 1.29 is 4.74 Å². The lowest BCUT2D eigenvalue weighted by molar-refractivity contribution is 0.0537. The van der Waals surface area contributed by atoms with Gasteiger partial charge in [0, 0.05) is 25.4 Å². The number of nitrogens with one attached hydrogen (secondary N) is 2. The summed E-state index contributed by atoms with van der Waals surface area (Å²) in [5.74, 6) is 1.99. The molecule has 2 N–H and O–H groups in total. The van der Waals surface area contributed by atoms with Crippen LogP contribution < -0.4 is 10.6 Å². The summed E-state index contributed by atoms with van der Waals surface area (Å²) >= 11 is 3.48. The van der Waals surface area contributed by atoms with Crippen LogP contribution in [0.2, 0.25) is 0 Å². The van der Waals surface area contributed by atoms with E-state index in [9.17, 15) is 0 Å². The molecule has 1 fully saturated rings. The highest BCUT2D eigenvalue weighted by Gasteiger charge is 2.22. The molecule has 2 atom stereocenters. The van der Waals surface area contributed by atoms with E-state index in [0.717, 1.165) is 36.5 Å². The summed E-state index contributed by atoms with van der Waals surface area (Å²) in [4.78, 5) is 8.68. The zero-order valence-electron chi connectivity index (χ0n) is 10.7. The van der Waals surface area contributed by atoms with E-state index in [1.807, 2.05) is 6.92 Å². The van der Waals surface area contributed by atoms with Gasteiger partial charge in [-0.05, 0) is 35.2 Å². The Kier molecular flexibility index (Phi) is 4.77. The maximum absolute atomic E-state index is 5.45. The minimum absolute atomic E-state index is 0.402. The van der Waals surface area contributed by atoms with E-state index in [1.165, 1.54) is 0 Å². The summed E-state index contributed by atoms with van der Waals surface area (Å²) < 4.78 is 6.34. The molecule has 0 aromatic carbocycles. The normalized spacial score (nSPS) is 23.7. The third-order valence-electron chi connectivity index (χ3n) is 3.04. The van der Waals surface area contributed by atoms with Gasteiger partial charge in [-0.15, -0.1) is 0 Å². The third kappa shape index (κ3) is 3.32. The van der Waals surface area contributed by atoms with Crippen LogP contribution in [0.5, 0.6) is 0 Å². The Bertz CT molecular complexity index is 402. The quantitative estimate of drug-likeness (QED) is 0.894. The van der Waals surface area contributed by atoms with Gasteiger partial charge in [-0.1, -0.05) is 6.92 Å². The van der Waals surface area contributed by atoms with E-state index < -0.39 is 0 Å². The number of anilines is 2. The van der Waals surface area contributed by atoms with E-state index in [1.54, 1.807) is 6.20 Å². The van der Waals surface area contributed by atoms with Crippen LogP contribution in [0.15, 0.2) is 10.7 Å². The van der Waals surface area contributed by atoms with E-state index in [2.05, 4.69) is 43.5 Å². The predicted octanol–water partition coefficient (Wildman–Crippen LogP) is 2.51. The second-order valence-corrected chi connectivity index (χ2v) is 5.37. The van der Waals surface area contributed by atoms with E-state index >= 15 is 0 Å². The fourth-order valence-electron chi connectivity index (χ4n) is 1.98. The Hall–Kier alpha value is -0.880. The number of ether oxygens (including phenoxy) is 1. The minimum Gasteiger partial charge on any atom is -0.381 e. The zero-order chi connectivity index (χ0) is 13.0. The van der Waals surface area contributed by atoms with Crippen molar-refractivity contribution in [1.82, 2.24) is 9.97 Å². The summed E-state index contributed by atoms with van der Waals surface area (Å²) in [7, 11) is 0. The molecule has 2 rings (SSSR count).